The number of benzene rings is 3. The molecule has 330 valence electrons. The summed E-state index contributed by atoms with van der Waals surface area (Å²) in [4.78, 5) is 22.2. The topological polar surface area (TPSA) is 404 Å². The quantitative estimate of drug-likeness (QED) is 0.0515. The number of anilines is 2. The minimum atomic E-state index is -5.28. The van der Waals surface area contributed by atoms with Gasteiger partial charge < -0.3 is 24.2 Å². The predicted molar refractivity (Wildman–Crippen MR) is 212 cm³/mol. The summed E-state index contributed by atoms with van der Waals surface area (Å²) in [6.07, 6.45) is 4.74. The van der Waals surface area contributed by atoms with Gasteiger partial charge in [-0.25, -0.2) is 8.42 Å². The van der Waals surface area contributed by atoms with Crippen LogP contribution in [-0.4, -0.2) is 106 Å². The van der Waals surface area contributed by atoms with Gasteiger partial charge in [0.25, 0.3) is 30.4 Å². The van der Waals surface area contributed by atoms with Gasteiger partial charge >= 0.3 is 118 Å². The number of ether oxygens (including phenoxy) is 2. The summed E-state index contributed by atoms with van der Waals surface area (Å²) in [7, 11) is -18.4. The van der Waals surface area contributed by atoms with Crippen molar-refractivity contribution in [2.24, 2.45) is 20.4 Å². The Bertz CT molecular complexity index is 3320. The number of carbonyl (C=O) groups is 2. The number of hydrogen-bond donors (Lipinski definition) is 5. The maximum Gasteiger partial charge on any atom is 1.00 e. The smallest absolute Gasteiger partial charge is 0.872 e. The van der Waals surface area contributed by atoms with Crippen molar-refractivity contribution in [2.45, 2.75) is 9.79 Å². The van der Waals surface area contributed by atoms with Gasteiger partial charge in [-0.05, 0) is 65.8 Å². The molecule has 25 nitrogen and oxygen atoms in total. The molecular weight excluding hydrogens is 1020 g/mol. The fraction of sp³-hybridized carbons (Fsp3) is 0.0588. The monoisotopic (exact) mass is 1040 g/mol. The summed E-state index contributed by atoms with van der Waals surface area (Å²) in [5.41, 5.74) is -2.78. The van der Waals surface area contributed by atoms with Gasteiger partial charge in [0.15, 0.2) is 11.4 Å². The van der Waals surface area contributed by atoms with E-state index in [2.05, 4.69) is 25.8 Å². The van der Waals surface area contributed by atoms with E-state index in [0.29, 0.717) is 41.6 Å². The summed E-state index contributed by atoms with van der Waals surface area (Å²) in [5.74, 6) is -5.50. The number of ketones is 2. The fourth-order valence-electron chi connectivity index (χ4n) is 5.80. The number of nitrogens with zero attached hydrogens (tertiary/aromatic N) is 5. The third-order valence-electron chi connectivity index (χ3n) is 8.61. The average Bonchev–Trinajstić information content (AvgIpc) is 3.18. The summed E-state index contributed by atoms with van der Waals surface area (Å²) < 4.78 is 146. The van der Waals surface area contributed by atoms with Crippen molar-refractivity contribution in [3.63, 3.8) is 0 Å². The van der Waals surface area contributed by atoms with Crippen LogP contribution in [0, 0.1) is 0 Å². The molecule has 3 aromatic rings. The third kappa shape index (κ3) is 13.3. The van der Waals surface area contributed by atoms with Crippen LogP contribution in [0.1, 0.15) is 31.8 Å². The van der Waals surface area contributed by atoms with Crippen molar-refractivity contribution in [1.82, 2.24) is 0 Å². The summed E-state index contributed by atoms with van der Waals surface area (Å²) in [6.45, 7) is 0. The van der Waals surface area contributed by atoms with Gasteiger partial charge in [0, 0.05) is 23.3 Å². The van der Waals surface area contributed by atoms with E-state index in [1.54, 1.807) is 0 Å². The van der Waals surface area contributed by atoms with E-state index in [9.17, 15) is 76.9 Å². The Hall–Kier alpha value is -2.96. The first-order chi connectivity index (χ1) is 29.2. The standard InChI is InChI=1S/C34H26N6O19S4.4Na/c1-58-25-11-17(3-5-21(25)35-37-31-27(62(52,53)54)9-15-7-19(60(46,47)48)13-23(41)29(15)33(31)43)39-40(45)18-4-6-22(26(12-18)59-2)36-38-32-28(63(55,56)57)10-16-8-20(61(49,50)51)14-24(42)30(16)34(32)44;;;;/h3-14,36,41-42,45H,1-2H3,(H,46,47,48)(H,49,50,51)(H,52,53,54)(H,55,56,57);;;;/q;4*+1/p-3. The van der Waals surface area contributed by atoms with Crippen LogP contribution in [0.4, 0.5) is 11.4 Å². The molecule has 0 heterocycles. The fourth-order valence-corrected chi connectivity index (χ4v) is 8.16. The molecule has 0 saturated heterocycles. The van der Waals surface area contributed by atoms with E-state index in [0.717, 1.165) is 7.11 Å². The summed E-state index contributed by atoms with van der Waals surface area (Å²) >= 11 is 0. The van der Waals surface area contributed by atoms with Gasteiger partial charge in [-0.3, -0.25) is 33.9 Å². The number of methoxy groups -OCH3 is 2. The first-order valence-corrected chi connectivity index (χ1v) is 22.3. The average molecular weight is 1040 g/mol. The summed E-state index contributed by atoms with van der Waals surface area (Å²) in [5, 5.41) is 51.6. The van der Waals surface area contributed by atoms with E-state index < -0.39 is 117 Å². The van der Waals surface area contributed by atoms with Crippen molar-refractivity contribution < 1.29 is 205 Å². The van der Waals surface area contributed by atoms with Crippen LogP contribution >= 0.6 is 0 Å². The van der Waals surface area contributed by atoms with Crippen molar-refractivity contribution in [1.29, 1.82) is 0 Å². The van der Waals surface area contributed by atoms with E-state index in [-0.39, 0.29) is 153 Å². The molecule has 3 aliphatic carbocycles. The number of hydrazone groups is 2. The Balaban J connectivity index is 0.00000385. The molecule has 6 rings (SSSR count). The Kier molecular flexibility index (Phi) is 20.5. The van der Waals surface area contributed by atoms with Crippen molar-refractivity contribution in [3.8, 4) is 17.2 Å². The maximum atomic E-state index is 13.3. The first-order valence-electron chi connectivity index (χ1n) is 16.5. The molecule has 0 fully saturated rings. The SMILES string of the molecule is COC1=CC(=NN(O)c2ccc(NN=C3C(=O)c4c([O-])cc(S(=O)(=O)O)cc4C=C3S(=O)(=O)O)c(OC)c2)C=CC1=NN=C1C(=O)c2c([O-])cc(S(=O)(=O)[O-])cc2C=C1S(=O)(=O)O.[Na+].[Na+].[Na+].[Na+]. The molecule has 0 unspecified atom stereocenters. The molecule has 33 heteroatoms. The van der Waals surface area contributed by atoms with Gasteiger partial charge in [0.05, 0.1) is 41.1 Å². The largest absolute Gasteiger partial charge is 1.00 e. The van der Waals surface area contributed by atoms with Crippen LogP contribution in [0.3, 0.4) is 0 Å². The second kappa shape index (κ2) is 22.9. The van der Waals surface area contributed by atoms with Crippen LogP contribution in [0.5, 0.6) is 17.2 Å². The molecule has 67 heavy (non-hydrogen) atoms. The Morgan fingerprint density at radius 2 is 1.18 bits per heavy atom. The number of hydrogen-bond acceptors (Lipinski definition) is 22. The van der Waals surface area contributed by atoms with E-state index in [1.807, 2.05) is 0 Å². The van der Waals surface area contributed by atoms with Crippen molar-refractivity contribution >= 4 is 98.4 Å². The van der Waals surface area contributed by atoms with E-state index >= 15 is 0 Å². The van der Waals surface area contributed by atoms with Crippen molar-refractivity contribution in [2.75, 3.05) is 24.8 Å². The molecule has 0 aromatic heterocycles. The molecule has 0 radical (unpaired) electrons. The molecule has 0 aliphatic heterocycles. The second-order valence-corrected chi connectivity index (χ2v) is 18.2. The van der Waals surface area contributed by atoms with Crippen LogP contribution < -0.4 is 144 Å². The molecule has 0 atom stereocenters. The minimum Gasteiger partial charge on any atom is -0.872 e. The number of Topliss-reactive ketones (excluding diaryl/α,β-unsaturated/α-hetero) is 2. The molecule has 3 aromatic carbocycles. The molecule has 3 aliphatic rings. The zero-order chi connectivity index (χ0) is 46.6. The summed E-state index contributed by atoms with van der Waals surface area (Å²) in [6, 6.07) is 5.59. The van der Waals surface area contributed by atoms with Gasteiger partial charge in [0.1, 0.15) is 37.1 Å². The normalized spacial score (nSPS) is 17.1. The number of rotatable bonds is 11. The second-order valence-electron chi connectivity index (χ2n) is 12.6. The van der Waals surface area contributed by atoms with E-state index in [1.165, 1.54) is 43.5 Å². The van der Waals surface area contributed by atoms with Gasteiger partial charge in [-0.1, -0.05) is 17.6 Å². The van der Waals surface area contributed by atoms with Crippen LogP contribution in [-0.2, 0) is 45.2 Å². The zero-order valence-electron chi connectivity index (χ0n) is 35.2. The number of carbonyl (C=O) groups excluding carboxylic acids is 2. The van der Waals surface area contributed by atoms with E-state index in [4.69, 9.17) is 9.47 Å². The Morgan fingerprint density at radius 1 is 0.657 bits per heavy atom. The molecule has 0 spiro atoms. The first kappa shape index (κ1) is 60.2. The minimum absolute atomic E-state index is 0. The Labute approximate surface area is 467 Å². The Morgan fingerprint density at radius 3 is 1.69 bits per heavy atom. The molecule has 5 N–H and O–H groups in total. The molecule has 0 amide bonds. The van der Waals surface area contributed by atoms with Gasteiger partial charge in [-0.15, -0.1) is 20.5 Å². The molecule has 0 bridgehead atoms. The zero-order valence-corrected chi connectivity index (χ0v) is 46.5. The molecular formula is C34H23N6Na4O19S4+. The van der Waals surface area contributed by atoms with Crippen LogP contribution in [0.25, 0.3) is 12.2 Å². The third-order valence-corrected chi connectivity index (χ3v) is 12.0. The van der Waals surface area contributed by atoms with Crippen LogP contribution in [0.2, 0.25) is 0 Å². The van der Waals surface area contributed by atoms with Gasteiger partial charge in [0.2, 0.25) is 11.6 Å². The van der Waals surface area contributed by atoms with Crippen molar-refractivity contribution in [3.05, 3.63) is 98.5 Å². The number of nitrogens with one attached hydrogen (secondary N) is 1. The predicted octanol–water partition coefficient (Wildman–Crippen LogP) is -11.5. The molecule has 0 saturated carbocycles. The number of allylic oxidation sites excluding steroid dienone is 5. The maximum absolute atomic E-state index is 13.3. The van der Waals surface area contributed by atoms with Gasteiger partial charge in [-0.2, -0.15) is 30.4 Å². The number of fused-ring (bicyclic) bond motifs is 2. The van der Waals surface area contributed by atoms with Crippen LogP contribution in [0.15, 0.2) is 106 Å².